The van der Waals surface area contributed by atoms with Gasteiger partial charge in [-0.25, -0.2) is 0 Å². The van der Waals surface area contributed by atoms with Crippen LogP contribution in [0.5, 0.6) is 0 Å². The molecule has 0 spiro atoms. The molecule has 0 radical (unpaired) electrons. The standard InChI is InChI=1S/C9H14.2ClH.Ti/c1-9(2,3)8-6-4-5-7-8;;;/h4-6H,7H2,1-3H3;2*1H;/q;;;+2/p-2. The quantitative estimate of drug-likeness (QED) is 0.395. The molecule has 0 amide bonds. The molecule has 0 aromatic heterocycles. The van der Waals surface area contributed by atoms with E-state index in [0.717, 1.165) is 6.42 Å². The molecule has 0 unspecified atom stereocenters. The van der Waals surface area contributed by atoms with E-state index in [-0.39, 0.29) is 46.5 Å². The van der Waals surface area contributed by atoms with E-state index in [2.05, 4.69) is 39.0 Å². The molecule has 1 rings (SSSR count). The molecule has 0 atom stereocenters. The van der Waals surface area contributed by atoms with Crippen LogP contribution < -0.4 is 24.8 Å². The molecule has 3 heteroatoms. The molecular weight excluding hydrogens is 227 g/mol. The average molecular weight is 241 g/mol. The summed E-state index contributed by atoms with van der Waals surface area (Å²) in [6.45, 7) is 6.77. The van der Waals surface area contributed by atoms with E-state index >= 15 is 0 Å². The summed E-state index contributed by atoms with van der Waals surface area (Å²) in [5, 5.41) is 0. The summed E-state index contributed by atoms with van der Waals surface area (Å²) in [5.41, 5.74) is 1.92. The molecule has 0 aliphatic heterocycles. The van der Waals surface area contributed by atoms with Gasteiger partial charge < -0.3 is 24.8 Å². The minimum atomic E-state index is 0. The molecule has 0 saturated heterocycles. The van der Waals surface area contributed by atoms with Gasteiger partial charge in [-0.15, -0.1) is 0 Å². The second-order valence-corrected chi connectivity index (χ2v) is 3.57. The van der Waals surface area contributed by atoms with Crippen molar-refractivity contribution >= 4 is 0 Å². The third-order valence-corrected chi connectivity index (χ3v) is 1.73. The fraction of sp³-hybridized carbons (Fsp3) is 0.556. The fourth-order valence-corrected chi connectivity index (χ4v) is 1.00. The van der Waals surface area contributed by atoms with Gasteiger partial charge in [0.1, 0.15) is 0 Å². The van der Waals surface area contributed by atoms with Crippen LogP contribution in [0.4, 0.5) is 0 Å². The van der Waals surface area contributed by atoms with Gasteiger partial charge in [-0.05, 0) is 11.8 Å². The van der Waals surface area contributed by atoms with Crippen LogP contribution in [0.25, 0.3) is 0 Å². The maximum atomic E-state index is 2.26. The predicted molar refractivity (Wildman–Crippen MR) is 41.3 cm³/mol. The van der Waals surface area contributed by atoms with Crippen molar-refractivity contribution in [2.75, 3.05) is 0 Å². The summed E-state index contributed by atoms with van der Waals surface area (Å²) >= 11 is 0. The second kappa shape index (κ2) is 7.20. The van der Waals surface area contributed by atoms with Crippen molar-refractivity contribution in [2.24, 2.45) is 5.41 Å². The molecular formula is C9H14Cl2Ti. The third kappa shape index (κ3) is 5.43. The number of hydrogen-bond donors (Lipinski definition) is 0. The van der Waals surface area contributed by atoms with Crippen molar-refractivity contribution in [3.63, 3.8) is 0 Å². The van der Waals surface area contributed by atoms with Crippen molar-refractivity contribution in [1.29, 1.82) is 0 Å². The van der Waals surface area contributed by atoms with Crippen molar-refractivity contribution in [3.05, 3.63) is 23.8 Å². The zero-order valence-corrected chi connectivity index (χ0v) is 10.8. The molecule has 0 fully saturated rings. The van der Waals surface area contributed by atoms with E-state index in [1.807, 2.05) is 0 Å². The Kier molecular flexibility index (Phi) is 11.1. The van der Waals surface area contributed by atoms with Gasteiger partial charge in [0.2, 0.25) is 0 Å². The Morgan fingerprint density at radius 1 is 1.17 bits per heavy atom. The third-order valence-electron chi connectivity index (χ3n) is 1.73. The van der Waals surface area contributed by atoms with Crippen molar-refractivity contribution in [3.8, 4) is 0 Å². The smallest absolute Gasteiger partial charge is 1.00 e. The van der Waals surface area contributed by atoms with Crippen LogP contribution in [0.3, 0.4) is 0 Å². The van der Waals surface area contributed by atoms with Gasteiger partial charge in [0, 0.05) is 0 Å². The van der Waals surface area contributed by atoms with Crippen LogP contribution in [0.15, 0.2) is 23.8 Å². The predicted octanol–water partition coefficient (Wildman–Crippen LogP) is -3.08. The molecule has 1 aliphatic carbocycles. The average Bonchev–Trinajstić information content (AvgIpc) is 2.08. The SMILES string of the molecule is CC(C)(C)C1=CC=CC1.[Cl-].[Cl-].[Ti+2]. The molecule has 1 aliphatic rings. The van der Waals surface area contributed by atoms with Crippen LogP contribution in [-0.4, -0.2) is 0 Å². The molecule has 0 nitrogen and oxygen atoms in total. The molecule has 0 saturated carbocycles. The summed E-state index contributed by atoms with van der Waals surface area (Å²) in [4.78, 5) is 0. The summed E-state index contributed by atoms with van der Waals surface area (Å²) in [5.74, 6) is 0. The van der Waals surface area contributed by atoms with Crippen LogP contribution in [-0.2, 0) is 21.7 Å². The first-order valence-electron chi connectivity index (χ1n) is 3.47. The maximum Gasteiger partial charge on any atom is 2.00 e. The van der Waals surface area contributed by atoms with Gasteiger partial charge in [0.15, 0.2) is 0 Å². The number of allylic oxidation sites excluding steroid dienone is 4. The van der Waals surface area contributed by atoms with E-state index in [4.69, 9.17) is 0 Å². The van der Waals surface area contributed by atoms with Crippen molar-refractivity contribution in [2.45, 2.75) is 27.2 Å². The molecule has 0 aromatic carbocycles. The van der Waals surface area contributed by atoms with Gasteiger partial charge in [-0.1, -0.05) is 44.6 Å². The molecule has 0 bridgehead atoms. The molecule has 0 heterocycles. The van der Waals surface area contributed by atoms with E-state index in [1.54, 1.807) is 5.57 Å². The minimum Gasteiger partial charge on any atom is -1.00 e. The monoisotopic (exact) mass is 240 g/mol. The normalized spacial score (nSPS) is 13.8. The van der Waals surface area contributed by atoms with Crippen LogP contribution >= 0.6 is 0 Å². The number of hydrogen-bond acceptors (Lipinski definition) is 0. The topological polar surface area (TPSA) is 0 Å². The Balaban J connectivity index is -0.000000270. The van der Waals surface area contributed by atoms with E-state index in [9.17, 15) is 0 Å². The molecule has 68 valence electrons. The summed E-state index contributed by atoms with van der Waals surface area (Å²) in [6, 6.07) is 0. The van der Waals surface area contributed by atoms with E-state index in [1.165, 1.54) is 0 Å². The largest absolute Gasteiger partial charge is 2.00 e. The minimum absolute atomic E-state index is 0. The second-order valence-electron chi connectivity index (χ2n) is 3.57. The zero-order valence-electron chi connectivity index (χ0n) is 7.70. The van der Waals surface area contributed by atoms with Gasteiger partial charge in [-0.2, -0.15) is 0 Å². The van der Waals surface area contributed by atoms with Crippen LogP contribution in [0.1, 0.15) is 27.2 Å². The van der Waals surface area contributed by atoms with Gasteiger partial charge in [-0.3, -0.25) is 0 Å². The first-order chi connectivity index (χ1) is 4.11. The van der Waals surface area contributed by atoms with Crippen LogP contribution in [0, 0.1) is 5.41 Å². The fourth-order valence-electron chi connectivity index (χ4n) is 1.00. The zero-order chi connectivity index (χ0) is 6.91. The Morgan fingerprint density at radius 3 is 1.83 bits per heavy atom. The number of halogens is 2. The molecule has 12 heavy (non-hydrogen) atoms. The first-order valence-corrected chi connectivity index (χ1v) is 3.47. The summed E-state index contributed by atoms with van der Waals surface area (Å²) in [7, 11) is 0. The Labute approximate surface area is 103 Å². The Morgan fingerprint density at radius 2 is 1.67 bits per heavy atom. The number of rotatable bonds is 0. The van der Waals surface area contributed by atoms with Gasteiger partial charge in [0.25, 0.3) is 0 Å². The van der Waals surface area contributed by atoms with Gasteiger partial charge in [0.05, 0.1) is 0 Å². The van der Waals surface area contributed by atoms with E-state index < -0.39 is 0 Å². The Bertz CT molecular complexity index is 166. The van der Waals surface area contributed by atoms with Crippen LogP contribution in [0.2, 0.25) is 0 Å². The molecule has 0 N–H and O–H groups in total. The van der Waals surface area contributed by atoms with Crippen molar-refractivity contribution in [1.82, 2.24) is 0 Å². The first kappa shape index (κ1) is 18.5. The summed E-state index contributed by atoms with van der Waals surface area (Å²) in [6.07, 6.45) is 7.73. The maximum absolute atomic E-state index is 2.26. The van der Waals surface area contributed by atoms with Gasteiger partial charge >= 0.3 is 21.7 Å². The Hall–Kier alpha value is 0.774. The molecule has 0 aromatic rings. The summed E-state index contributed by atoms with van der Waals surface area (Å²) < 4.78 is 0. The van der Waals surface area contributed by atoms with Crippen molar-refractivity contribution < 1.29 is 46.5 Å². The van der Waals surface area contributed by atoms with E-state index in [0.29, 0.717) is 5.41 Å².